The molecule has 0 saturated carbocycles. The molecule has 0 aliphatic rings. The van der Waals surface area contributed by atoms with Gasteiger partial charge in [0.05, 0.1) is 5.56 Å². The van der Waals surface area contributed by atoms with E-state index in [0.717, 1.165) is 18.2 Å². The fraction of sp³-hybridized carbons (Fsp3) is 0.200. The monoisotopic (exact) mass is 364 g/mol. The van der Waals surface area contributed by atoms with Crippen LogP contribution in [-0.2, 0) is 12.6 Å². The van der Waals surface area contributed by atoms with Crippen molar-refractivity contribution in [3.8, 4) is 0 Å². The standard InChI is InChI=1S/C15H10BrF5/c16-12(8-10-4-2-6-13(17)14(10)18)9-3-1-5-11(7-9)15(19,20)21/h1-7,12H,8H2. The first-order valence-electron chi connectivity index (χ1n) is 6.03. The molecule has 6 heteroatoms. The molecular formula is C15H10BrF5. The van der Waals surface area contributed by atoms with Crippen molar-refractivity contribution in [2.75, 3.05) is 0 Å². The van der Waals surface area contributed by atoms with E-state index in [2.05, 4.69) is 15.9 Å². The fourth-order valence-corrected chi connectivity index (χ4v) is 2.56. The average molecular weight is 365 g/mol. The lowest BCUT2D eigenvalue weighted by Gasteiger charge is -2.14. The Bertz CT molecular complexity index is 636. The number of hydrogen-bond donors (Lipinski definition) is 0. The molecule has 0 heterocycles. The SMILES string of the molecule is Fc1cccc(CC(Br)c2cccc(C(F)(F)F)c2)c1F. The van der Waals surface area contributed by atoms with E-state index in [0.29, 0.717) is 5.56 Å². The van der Waals surface area contributed by atoms with Crippen molar-refractivity contribution in [3.63, 3.8) is 0 Å². The van der Waals surface area contributed by atoms with Gasteiger partial charge < -0.3 is 0 Å². The first kappa shape index (κ1) is 15.9. The summed E-state index contributed by atoms with van der Waals surface area (Å²) in [5.41, 5.74) is -0.313. The molecule has 0 amide bonds. The Morgan fingerprint density at radius 1 is 1.00 bits per heavy atom. The Morgan fingerprint density at radius 3 is 2.33 bits per heavy atom. The first-order chi connectivity index (χ1) is 9.79. The third-order valence-corrected chi connectivity index (χ3v) is 3.86. The number of hydrogen-bond acceptors (Lipinski definition) is 0. The van der Waals surface area contributed by atoms with Gasteiger partial charge in [-0.15, -0.1) is 0 Å². The minimum absolute atomic E-state index is 0.0465. The Balaban J connectivity index is 2.25. The smallest absolute Gasteiger partial charge is 0.204 e. The molecule has 1 atom stereocenters. The zero-order valence-corrected chi connectivity index (χ0v) is 12.2. The predicted octanol–water partition coefficient (Wildman–Crippen LogP) is 5.66. The average Bonchev–Trinajstić information content (AvgIpc) is 2.43. The molecule has 0 spiro atoms. The van der Waals surface area contributed by atoms with Crippen LogP contribution < -0.4 is 0 Å². The molecule has 21 heavy (non-hydrogen) atoms. The second kappa shape index (κ2) is 6.13. The molecule has 112 valence electrons. The van der Waals surface area contributed by atoms with E-state index in [1.165, 1.54) is 24.3 Å². The van der Waals surface area contributed by atoms with Crippen LogP contribution in [0.3, 0.4) is 0 Å². The molecule has 2 rings (SSSR count). The van der Waals surface area contributed by atoms with E-state index in [1.807, 2.05) is 0 Å². The Morgan fingerprint density at radius 2 is 1.67 bits per heavy atom. The molecule has 1 unspecified atom stereocenters. The van der Waals surface area contributed by atoms with Crippen LogP contribution in [0.1, 0.15) is 21.5 Å². The molecule has 2 aromatic carbocycles. The van der Waals surface area contributed by atoms with Gasteiger partial charge in [0.15, 0.2) is 11.6 Å². The number of halogens is 6. The lowest BCUT2D eigenvalue weighted by Crippen LogP contribution is -2.06. The normalized spacial score (nSPS) is 13.2. The summed E-state index contributed by atoms with van der Waals surface area (Å²) in [4.78, 5) is -0.545. The molecular weight excluding hydrogens is 355 g/mol. The Kier molecular flexibility index (Phi) is 4.66. The van der Waals surface area contributed by atoms with Crippen LogP contribution in [0.4, 0.5) is 22.0 Å². The van der Waals surface area contributed by atoms with Gasteiger partial charge in [-0.2, -0.15) is 13.2 Å². The largest absolute Gasteiger partial charge is 0.416 e. The molecule has 0 aliphatic heterocycles. The minimum atomic E-state index is -4.44. The second-order valence-corrected chi connectivity index (χ2v) is 5.61. The van der Waals surface area contributed by atoms with E-state index in [4.69, 9.17) is 0 Å². The van der Waals surface area contributed by atoms with Crippen molar-refractivity contribution < 1.29 is 22.0 Å². The third-order valence-electron chi connectivity index (χ3n) is 3.01. The highest BCUT2D eigenvalue weighted by molar-refractivity contribution is 9.09. The highest BCUT2D eigenvalue weighted by atomic mass is 79.9. The summed E-state index contributed by atoms with van der Waals surface area (Å²) in [5, 5.41) is 0. The van der Waals surface area contributed by atoms with Gasteiger partial charge in [0, 0.05) is 4.83 Å². The van der Waals surface area contributed by atoms with Crippen molar-refractivity contribution >= 4 is 15.9 Å². The predicted molar refractivity (Wildman–Crippen MR) is 73.2 cm³/mol. The quantitative estimate of drug-likeness (QED) is 0.486. The summed E-state index contributed by atoms with van der Waals surface area (Å²) in [6.07, 6.45) is -4.39. The molecule has 2 aromatic rings. The number of rotatable bonds is 3. The molecule has 0 radical (unpaired) electrons. The molecule has 0 nitrogen and oxygen atoms in total. The van der Waals surface area contributed by atoms with Gasteiger partial charge in [0.1, 0.15) is 0 Å². The lowest BCUT2D eigenvalue weighted by atomic mass is 10.0. The summed E-state index contributed by atoms with van der Waals surface area (Å²) in [5.74, 6) is -1.95. The molecule has 0 N–H and O–H groups in total. The third kappa shape index (κ3) is 3.81. The molecule has 0 aromatic heterocycles. The summed E-state index contributed by atoms with van der Waals surface area (Å²) in [6.45, 7) is 0. The summed E-state index contributed by atoms with van der Waals surface area (Å²) in [7, 11) is 0. The molecule has 0 aliphatic carbocycles. The summed E-state index contributed by atoms with van der Waals surface area (Å²) >= 11 is 3.23. The molecule has 0 bridgehead atoms. The van der Waals surface area contributed by atoms with Crippen molar-refractivity contribution in [3.05, 3.63) is 70.8 Å². The lowest BCUT2D eigenvalue weighted by molar-refractivity contribution is -0.137. The molecule has 0 fully saturated rings. The van der Waals surface area contributed by atoms with Gasteiger partial charge in [0.2, 0.25) is 0 Å². The highest BCUT2D eigenvalue weighted by Crippen LogP contribution is 2.34. The Labute approximate surface area is 126 Å². The summed E-state index contributed by atoms with van der Waals surface area (Å²) in [6, 6.07) is 8.51. The number of alkyl halides is 4. The van der Waals surface area contributed by atoms with Crippen molar-refractivity contribution in [2.45, 2.75) is 17.4 Å². The summed E-state index contributed by atoms with van der Waals surface area (Å²) < 4.78 is 64.6. The van der Waals surface area contributed by atoms with E-state index in [1.54, 1.807) is 0 Å². The van der Waals surface area contributed by atoms with Crippen LogP contribution >= 0.6 is 15.9 Å². The van der Waals surface area contributed by atoms with E-state index < -0.39 is 28.2 Å². The topological polar surface area (TPSA) is 0 Å². The van der Waals surface area contributed by atoms with Crippen LogP contribution in [0, 0.1) is 11.6 Å². The number of benzene rings is 2. The van der Waals surface area contributed by atoms with Crippen molar-refractivity contribution in [1.82, 2.24) is 0 Å². The van der Waals surface area contributed by atoms with Crippen LogP contribution in [0.15, 0.2) is 42.5 Å². The van der Waals surface area contributed by atoms with Gasteiger partial charge in [-0.3, -0.25) is 0 Å². The van der Waals surface area contributed by atoms with Gasteiger partial charge in [-0.1, -0.05) is 46.3 Å². The maximum Gasteiger partial charge on any atom is 0.416 e. The van der Waals surface area contributed by atoms with Crippen LogP contribution in [-0.4, -0.2) is 0 Å². The minimum Gasteiger partial charge on any atom is -0.204 e. The Hall–Kier alpha value is -1.43. The van der Waals surface area contributed by atoms with E-state index >= 15 is 0 Å². The zero-order chi connectivity index (χ0) is 15.6. The second-order valence-electron chi connectivity index (χ2n) is 4.51. The van der Waals surface area contributed by atoms with Crippen molar-refractivity contribution in [2.24, 2.45) is 0 Å². The van der Waals surface area contributed by atoms with Crippen LogP contribution in [0.2, 0.25) is 0 Å². The van der Waals surface area contributed by atoms with Gasteiger partial charge >= 0.3 is 6.18 Å². The van der Waals surface area contributed by atoms with Gasteiger partial charge in [-0.25, -0.2) is 8.78 Å². The van der Waals surface area contributed by atoms with E-state index in [-0.39, 0.29) is 12.0 Å². The highest BCUT2D eigenvalue weighted by Gasteiger charge is 2.30. The van der Waals surface area contributed by atoms with Crippen LogP contribution in [0.25, 0.3) is 0 Å². The maximum atomic E-state index is 13.6. The zero-order valence-electron chi connectivity index (χ0n) is 10.6. The van der Waals surface area contributed by atoms with Crippen molar-refractivity contribution in [1.29, 1.82) is 0 Å². The maximum absolute atomic E-state index is 13.6. The van der Waals surface area contributed by atoms with Gasteiger partial charge in [0.25, 0.3) is 0 Å². The van der Waals surface area contributed by atoms with Gasteiger partial charge in [-0.05, 0) is 29.7 Å². The van der Waals surface area contributed by atoms with E-state index in [9.17, 15) is 22.0 Å². The molecule has 0 saturated heterocycles. The fourth-order valence-electron chi connectivity index (χ4n) is 1.93. The van der Waals surface area contributed by atoms with Crippen LogP contribution in [0.5, 0.6) is 0 Å². The first-order valence-corrected chi connectivity index (χ1v) is 6.94.